The van der Waals surface area contributed by atoms with E-state index in [2.05, 4.69) is 60.3 Å². The molecule has 0 bridgehead atoms. The predicted molar refractivity (Wildman–Crippen MR) is 78.1 cm³/mol. The molecule has 0 saturated heterocycles. The SMILES string of the molecule is CCNC(c1cccs1)c1ccccc1SC. The van der Waals surface area contributed by atoms with Crippen LogP contribution in [0.1, 0.15) is 23.4 Å². The van der Waals surface area contributed by atoms with Crippen molar-refractivity contribution in [1.82, 2.24) is 5.32 Å². The summed E-state index contributed by atoms with van der Waals surface area (Å²) >= 11 is 3.62. The van der Waals surface area contributed by atoms with E-state index in [-0.39, 0.29) is 0 Å². The van der Waals surface area contributed by atoms with Gasteiger partial charge in [0, 0.05) is 9.77 Å². The van der Waals surface area contributed by atoms with Crippen molar-refractivity contribution in [2.75, 3.05) is 12.8 Å². The molecule has 90 valence electrons. The average molecular weight is 263 g/mol. The lowest BCUT2D eigenvalue weighted by Gasteiger charge is -2.19. The fraction of sp³-hybridized carbons (Fsp3) is 0.286. The third kappa shape index (κ3) is 2.92. The molecule has 1 heterocycles. The van der Waals surface area contributed by atoms with Crippen molar-refractivity contribution in [2.24, 2.45) is 0 Å². The zero-order chi connectivity index (χ0) is 12.1. The van der Waals surface area contributed by atoms with Gasteiger partial charge in [0.25, 0.3) is 0 Å². The summed E-state index contributed by atoms with van der Waals surface area (Å²) in [5.41, 5.74) is 1.38. The van der Waals surface area contributed by atoms with Crippen molar-refractivity contribution >= 4 is 23.1 Å². The standard InChI is InChI=1S/C14H17NS2/c1-3-15-14(13-9-6-10-17-13)11-7-4-5-8-12(11)16-2/h4-10,14-15H,3H2,1-2H3. The molecule has 0 aliphatic heterocycles. The zero-order valence-electron chi connectivity index (χ0n) is 10.1. The van der Waals surface area contributed by atoms with Crippen molar-refractivity contribution in [3.8, 4) is 0 Å². The van der Waals surface area contributed by atoms with Gasteiger partial charge in [0.2, 0.25) is 0 Å². The molecule has 0 fully saturated rings. The summed E-state index contributed by atoms with van der Waals surface area (Å²) in [4.78, 5) is 2.74. The molecule has 0 amide bonds. The molecule has 0 aliphatic rings. The first kappa shape index (κ1) is 12.7. The number of hydrogen-bond donors (Lipinski definition) is 1. The maximum absolute atomic E-state index is 3.57. The van der Waals surface area contributed by atoms with Gasteiger partial charge >= 0.3 is 0 Å². The van der Waals surface area contributed by atoms with Gasteiger partial charge in [-0.1, -0.05) is 31.2 Å². The van der Waals surface area contributed by atoms with Gasteiger partial charge in [0.05, 0.1) is 6.04 Å². The molecule has 1 N–H and O–H groups in total. The lowest BCUT2D eigenvalue weighted by Crippen LogP contribution is -2.21. The smallest absolute Gasteiger partial charge is 0.0681 e. The van der Waals surface area contributed by atoms with Crippen molar-refractivity contribution in [3.05, 3.63) is 52.2 Å². The Morgan fingerprint density at radius 1 is 1.24 bits per heavy atom. The molecule has 1 aromatic carbocycles. The summed E-state index contributed by atoms with van der Waals surface area (Å²) in [6, 6.07) is 13.3. The van der Waals surface area contributed by atoms with Gasteiger partial charge in [-0.05, 0) is 35.9 Å². The Morgan fingerprint density at radius 3 is 2.71 bits per heavy atom. The molecule has 0 radical (unpaired) electrons. The highest BCUT2D eigenvalue weighted by Gasteiger charge is 2.16. The number of thioether (sulfide) groups is 1. The van der Waals surface area contributed by atoms with Crippen molar-refractivity contribution in [3.63, 3.8) is 0 Å². The highest BCUT2D eigenvalue weighted by Crippen LogP contribution is 2.32. The summed E-state index contributed by atoms with van der Waals surface area (Å²) in [5, 5.41) is 5.71. The van der Waals surface area contributed by atoms with Crippen molar-refractivity contribution in [1.29, 1.82) is 0 Å². The van der Waals surface area contributed by atoms with Crippen LogP contribution in [0.5, 0.6) is 0 Å². The normalized spacial score (nSPS) is 12.6. The predicted octanol–water partition coefficient (Wildman–Crippen LogP) is 4.17. The molecule has 1 unspecified atom stereocenters. The van der Waals surface area contributed by atoms with Crippen LogP contribution in [0.25, 0.3) is 0 Å². The van der Waals surface area contributed by atoms with Gasteiger partial charge in [-0.2, -0.15) is 0 Å². The Balaban J connectivity index is 2.39. The molecule has 1 aromatic heterocycles. The van der Waals surface area contributed by atoms with Crippen LogP contribution in [0, 0.1) is 0 Å². The molecule has 0 saturated carbocycles. The first-order valence-electron chi connectivity index (χ1n) is 5.76. The second-order valence-corrected chi connectivity index (χ2v) is 5.58. The summed E-state index contributed by atoms with van der Waals surface area (Å²) in [7, 11) is 0. The van der Waals surface area contributed by atoms with E-state index < -0.39 is 0 Å². The van der Waals surface area contributed by atoms with Crippen LogP contribution < -0.4 is 5.32 Å². The Kier molecular flexibility index (Phi) is 4.66. The Morgan fingerprint density at radius 2 is 2.06 bits per heavy atom. The van der Waals surface area contributed by atoms with E-state index in [4.69, 9.17) is 0 Å². The minimum absolute atomic E-state index is 0.323. The first-order chi connectivity index (χ1) is 8.36. The largest absolute Gasteiger partial charge is 0.306 e. The fourth-order valence-corrected chi connectivity index (χ4v) is 3.38. The number of benzene rings is 1. The lowest BCUT2D eigenvalue weighted by atomic mass is 10.1. The van der Waals surface area contributed by atoms with Gasteiger partial charge in [-0.25, -0.2) is 0 Å². The Labute approximate surface area is 111 Å². The van der Waals surface area contributed by atoms with E-state index in [1.165, 1.54) is 15.3 Å². The van der Waals surface area contributed by atoms with Crippen molar-refractivity contribution < 1.29 is 0 Å². The molecular weight excluding hydrogens is 246 g/mol. The fourth-order valence-electron chi connectivity index (χ4n) is 1.93. The van der Waals surface area contributed by atoms with E-state index in [1.807, 2.05) is 23.1 Å². The summed E-state index contributed by atoms with van der Waals surface area (Å²) in [6.45, 7) is 3.13. The van der Waals surface area contributed by atoms with E-state index in [9.17, 15) is 0 Å². The van der Waals surface area contributed by atoms with E-state index in [0.717, 1.165) is 6.54 Å². The van der Waals surface area contributed by atoms with Gasteiger partial charge < -0.3 is 5.32 Å². The summed E-state index contributed by atoms with van der Waals surface area (Å²) < 4.78 is 0. The number of thiophene rings is 1. The number of nitrogens with one attached hydrogen (secondary N) is 1. The quantitative estimate of drug-likeness (QED) is 0.813. The zero-order valence-corrected chi connectivity index (χ0v) is 11.8. The van der Waals surface area contributed by atoms with Crippen molar-refractivity contribution in [2.45, 2.75) is 17.9 Å². The highest BCUT2D eigenvalue weighted by molar-refractivity contribution is 7.98. The third-order valence-corrected chi connectivity index (χ3v) is 4.43. The monoisotopic (exact) mass is 263 g/mol. The minimum Gasteiger partial charge on any atom is -0.306 e. The second-order valence-electron chi connectivity index (χ2n) is 3.75. The minimum atomic E-state index is 0.323. The van der Waals surface area contributed by atoms with E-state index in [0.29, 0.717) is 6.04 Å². The highest BCUT2D eigenvalue weighted by atomic mass is 32.2. The van der Waals surface area contributed by atoms with E-state index in [1.54, 1.807) is 0 Å². The first-order valence-corrected chi connectivity index (χ1v) is 7.87. The molecule has 2 rings (SSSR count). The third-order valence-electron chi connectivity index (χ3n) is 2.69. The number of rotatable bonds is 5. The second kappa shape index (κ2) is 6.24. The van der Waals surface area contributed by atoms with Crippen LogP contribution in [0.4, 0.5) is 0 Å². The summed E-state index contributed by atoms with van der Waals surface area (Å²) in [6.07, 6.45) is 2.14. The van der Waals surface area contributed by atoms with Crippen LogP contribution in [0.3, 0.4) is 0 Å². The van der Waals surface area contributed by atoms with Gasteiger partial charge in [-0.3, -0.25) is 0 Å². The molecule has 2 aromatic rings. The molecular formula is C14H17NS2. The van der Waals surface area contributed by atoms with Crippen LogP contribution in [0.2, 0.25) is 0 Å². The molecule has 0 aliphatic carbocycles. The van der Waals surface area contributed by atoms with Crippen LogP contribution in [0.15, 0.2) is 46.7 Å². The van der Waals surface area contributed by atoms with Gasteiger partial charge in [0.15, 0.2) is 0 Å². The number of hydrogen-bond acceptors (Lipinski definition) is 3. The van der Waals surface area contributed by atoms with Gasteiger partial charge in [-0.15, -0.1) is 23.1 Å². The van der Waals surface area contributed by atoms with Crippen LogP contribution in [-0.4, -0.2) is 12.8 Å². The maximum atomic E-state index is 3.57. The molecule has 0 spiro atoms. The Bertz CT molecular complexity index is 451. The van der Waals surface area contributed by atoms with E-state index >= 15 is 0 Å². The Hall–Kier alpha value is -0.770. The maximum Gasteiger partial charge on any atom is 0.0681 e. The lowest BCUT2D eigenvalue weighted by molar-refractivity contribution is 0.631. The topological polar surface area (TPSA) is 12.0 Å². The molecule has 1 nitrogen and oxygen atoms in total. The average Bonchev–Trinajstić information content (AvgIpc) is 2.89. The van der Waals surface area contributed by atoms with Crippen LogP contribution in [-0.2, 0) is 0 Å². The molecule has 3 heteroatoms. The molecule has 17 heavy (non-hydrogen) atoms. The van der Waals surface area contributed by atoms with Crippen LogP contribution >= 0.6 is 23.1 Å². The van der Waals surface area contributed by atoms with Gasteiger partial charge in [0.1, 0.15) is 0 Å². The molecule has 1 atom stereocenters. The summed E-state index contributed by atoms with van der Waals surface area (Å²) in [5.74, 6) is 0.